The van der Waals surface area contributed by atoms with Crippen molar-refractivity contribution in [1.29, 1.82) is 0 Å². The van der Waals surface area contributed by atoms with Crippen LogP contribution in [0.5, 0.6) is 0 Å². The Labute approximate surface area is 185 Å². The molecule has 156 valence electrons. The van der Waals surface area contributed by atoms with E-state index >= 15 is 0 Å². The van der Waals surface area contributed by atoms with E-state index in [9.17, 15) is 0 Å². The van der Waals surface area contributed by atoms with E-state index in [2.05, 4.69) is 36.3 Å². The van der Waals surface area contributed by atoms with Gasteiger partial charge in [-0.05, 0) is 55.8 Å². The van der Waals surface area contributed by atoms with Crippen molar-refractivity contribution in [2.24, 2.45) is 0 Å². The monoisotopic (exact) mass is 419 g/mol. The molecule has 5 aromatic rings. The maximum Gasteiger partial charge on any atom is 0.154 e. The first kappa shape index (κ1) is 19.7. The summed E-state index contributed by atoms with van der Waals surface area (Å²) in [5.74, 6) is 0.696. The summed E-state index contributed by atoms with van der Waals surface area (Å²) in [5, 5.41) is 3.37. The second-order valence-electron chi connectivity index (χ2n) is 7.56. The van der Waals surface area contributed by atoms with E-state index in [0.29, 0.717) is 12.4 Å². The smallest absolute Gasteiger partial charge is 0.154 e. The van der Waals surface area contributed by atoms with E-state index in [1.165, 1.54) is 0 Å². The van der Waals surface area contributed by atoms with Gasteiger partial charge in [0.1, 0.15) is 5.52 Å². The SMILES string of the molecule is Cc1cc(-c2ccc(CNc3nccc4nc(-c5ccnc(C)c5)cnc34)cn2)ccn1. The summed E-state index contributed by atoms with van der Waals surface area (Å²) in [6.45, 7) is 4.52. The number of aromatic nitrogens is 6. The topological polar surface area (TPSA) is 89.4 Å². The van der Waals surface area contributed by atoms with Gasteiger partial charge in [0.25, 0.3) is 0 Å². The number of pyridine rings is 4. The molecule has 0 spiro atoms. The van der Waals surface area contributed by atoms with Crippen LogP contribution in [0.3, 0.4) is 0 Å². The van der Waals surface area contributed by atoms with Crippen molar-refractivity contribution in [3.05, 3.63) is 90.4 Å². The van der Waals surface area contributed by atoms with Gasteiger partial charge in [0, 0.05) is 53.8 Å². The lowest BCUT2D eigenvalue weighted by Crippen LogP contribution is -2.04. The molecule has 0 radical (unpaired) electrons. The fraction of sp³-hybridized carbons (Fsp3) is 0.120. The van der Waals surface area contributed by atoms with Crippen LogP contribution in [0.1, 0.15) is 17.0 Å². The van der Waals surface area contributed by atoms with E-state index < -0.39 is 0 Å². The van der Waals surface area contributed by atoms with Crippen LogP contribution in [-0.2, 0) is 6.54 Å². The average Bonchev–Trinajstić information content (AvgIpc) is 2.82. The molecule has 0 saturated carbocycles. The van der Waals surface area contributed by atoms with Crippen molar-refractivity contribution in [3.63, 3.8) is 0 Å². The summed E-state index contributed by atoms with van der Waals surface area (Å²) in [7, 11) is 0. The van der Waals surface area contributed by atoms with Crippen molar-refractivity contribution >= 4 is 16.9 Å². The highest BCUT2D eigenvalue weighted by Gasteiger charge is 2.09. The largest absolute Gasteiger partial charge is 0.364 e. The predicted molar refractivity (Wildman–Crippen MR) is 125 cm³/mol. The van der Waals surface area contributed by atoms with Gasteiger partial charge < -0.3 is 5.32 Å². The van der Waals surface area contributed by atoms with E-state index in [4.69, 9.17) is 4.98 Å². The van der Waals surface area contributed by atoms with Gasteiger partial charge >= 0.3 is 0 Å². The third kappa shape index (κ3) is 4.13. The van der Waals surface area contributed by atoms with Crippen molar-refractivity contribution in [1.82, 2.24) is 29.9 Å². The number of hydrogen-bond acceptors (Lipinski definition) is 7. The van der Waals surface area contributed by atoms with Crippen LogP contribution < -0.4 is 5.32 Å². The average molecular weight is 419 g/mol. The molecule has 7 heteroatoms. The molecule has 5 rings (SSSR count). The Kier molecular flexibility index (Phi) is 5.21. The standard InChI is InChI=1S/C25H21N7/c1-16-11-19(5-8-26-16)21-4-3-18(13-29-21)14-31-25-24-22(7-10-28-25)32-23(15-30-24)20-6-9-27-17(2)12-20/h3-13,15H,14H2,1-2H3,(H,28,31). The number of anilines is 1. The molecule has 1 N–H and O–H groups in total. The first-order valence-corrected chi connectivity index (χ1v) is 10.3. The zero-order valence-corrected chi connectivity index (χ0v) is 17.8. The molecule has 5 aromatic heterocycles. The third-order valence-corrected chi connectivity index (χ3v) is 5.13. The van der Waals surface area contributed by atoms with Gasteiger partial charge in [-0.15, -0.1) is 0 Å². The van der Waals surface area contributed by atoms with Crippen LogP contribution in [0.4, 0.5) is 5.82 Å². The molecule has 0 aliphatic heterocycles. The van der Waals surface area contributed by atoms with Crippen LogP contribution in [0, 0.1) is 13.8 Å². The Morgan fingerprint density at radius 2 is 1.41 bits per heavy atom. The van der Waals surface area contributed by atoms with Gasteiger partial charge in [0.05, 0.1) is 23.1 Å². The van der Waals surface area contributed by atoms with E-state index in [0.717, 1.165) is 50.5 Å². The van der Waals surface area contributed by atoms with Crippen LogP contribution >= 0.6 is 0 Å². The minimum atomic E-state index is 0.585. The van der Waals surface area contributed by atoms with Gasteiger partial charge in [0.15, 0.2) is 5.82 Å². The van der Waals surface area contributed by atoms with Crippen LogP contribution in [0.2, 0.25) is 0 Å². The summed E-state index contributed by atoms with van der Waals surface area (Å²) in [4.78, 5) is 26.9. The highest BCUT2D eigenvalue weighted by Crippen LogP contribution is 2.23. The molecule has 0 aromatic carbocycles. The van der Waals surface area contributed by atoms with Gasteiger partial charge in [-0.2, -0.15) is 0 Å². The lowest BCUT2D eigenvalue weighted by atomic mass is 10.1. The van der Waals surface area contributed by atoms with Gasteiger partial charge in [-0.25, -0.2) is 15.0 Å². The Morgan fingerprint density at radius 1 is 0.688 bits per heavy atom. The first-order valence-electron chi connectivity index (χ1n) is 10.3. The summed E-state index contributed by atoms with van der Waals surface area (Å²) in [6, 6.07) is 13.9. The maximum absolute atomic E-state index is 4.77. The highest BCUT2D eigenvalue weighted by atomic mass is 15.0. The number of aryl methyl sites for hydroxylation is 2. The molecule has 32 heavy (non-hydrogen) atoms. The fourth-order valence-electron chi connectivity index (χ4n) is 3.51. The van der Waals surface area contributed by atoms with Gasteiger partial charge in [-0.3, -0.25) is 15.0 Å². The summed E-state index contributed by atoms with van der Waals surface area (Å²) < 4.78 is 0. The van der Waals surface area contributed by atoms with Crippen LogP contribution in [0.15, 0.2) is 73.4 Å². The molecule has 0 saturated heterocycles. The van der Waals surface area contributed by atoms with E-state index in [1.54, 1.807) is 24.8 Å². The zero-order valence-electron chi connectivity index (χ0n) is 17.8. The molecule has 0 fully saturated rings. The van der Waals surface area contributed by atoms with Crippen molar-refractivity contribution in [3.8, 4) is 22.5 Å². The highest BCUT2D eigenvalue weighted by molar-refractivity contribution is 5.86. The molecular weight excluding hydrogens is 398 g/mol. The van der Waals surface area contributed by atoms with E-state index in [-0.39, 0.29) is 0 Å². The van der Waals surface area contributed by atoms with Crippen molar-refractivity contribution < 1.29 is 0 Å². The molecule has 0 atom stereocenters. The summed E-state index contributed by atoms with van der Waals surface area (Å²) in [5.41, 5.74) is 8.28. The number of nitrogens with zero attached hydrogens (tertiary/aromatic N) is 6. The van der Waals surface area contributed by atoms with Gasteiger partial charge in [0.2, 0.25) is 0 Å². The summed E-state index contributed by atoms with van der Waals surface area (Å²) in [6.07, 6.45) is 8.98. The Hall–Kier alpha value is -4.26. The molecule has 0 aliphatic carbocycles. The molecule has 5 heterocycles. The van der Waals surface area contributed by atoms with Gasteiger partial charge in [-0.1, -0.05) is 6.07 Å². The molecule has 0 amide bonds. The van der Waals surface area contributed by atoms with Crippen molar-refractivity contribution in [2.75, 3.05) is 5.32 Å². The Balaban J connectivity index is 1.35. The molecule has 0 unspecified atom stereocenters. The van der Waals surface area contributed by atoms with Crippen molar-refractivity contribution in [2.45, 2.75) is 20.4 Å². The summed E-state index contributed by atoms with van der Waals surface area (Å²) >= 11 is 0. The second kappa shape index (κ2) is 8.47. The Morgan fingerprint density at radius 3 is 2.09 bits per heavy atom. The zero-order chi connectivity index (χ0) is 21.9. The molecule has 0 aliphatic rings. The van der Waals surface area contributed by atoms with Crippen LogP contribution in [-0.4, -0.2) is 29.9 Å². The molecular formula is C25H21N7. The minimum Gasteiger partial charge on any atom is -0.364 e. The second-order valence-corrected chi connectivity index (χ2v) is 7.56. The normalized spacial score (nSPS) is 10.9. The van der Waals surface area contributed by atoms with E-state index in [1.807, 2.05) is 56.4 Å². The number of fused-ring (bicyclic) bond motifs is 1. The first-order chi connectivity index (χ1) is 15.7. The number of hydrogen-bond donors (Lipinski definition) is 1. The fourth-order valence-corrected chi connectivity index (χ4v) is 3.51. The lowest BCUT2D eigenvalue weighted by molar-refractivity contribution is 1.09. The number of nitrogens with one attached hydrogen (secondary N) is 1. The predicted octanol–water partition coefficient (Wildman–Crippen LogP) is 4.77. The molecule has 0 bridgehead atoms. The maximum atomic E-state index is 4.77. The molecule has 7 nitrogen and oxygen atoms in total. The third-order valence-electron chi connectivity index (χ3n) is 5.13. The Bertz CT molecular complexity index is 1400. The lowest BCUT2D eigenvalue weighted by Gasteiger charge is -2.09. The van der Waals surface area contributed by atoms with Crippen LogP contribution in [0.25, 0.3) is 33.5 Å². The number of rotatable bonds is 5. The quantitative estimate of drug-likeness (QED) is 0.439. The minimum absolute atomic E-state index is 0.585.